The predicted molar refractivity (Wildman–Crippen MR) is 503 cm³/mol. The van der Waals surface area contributed by atoms with Gasteiger partial charge in [0.25, 0.3) is 0 Å². The highest BCUT2D eigenvalue weighted by Crippen LogP contribution is 2.64. The molecule has 0 amide bonds. The van der Waals surface area contributed by atoms with Crippen molar-refractivity contribution < 1.29 is 4.74 Å². The second-order valence-electron chi connectivity index (χ2n) is 41.8. The molecule has 0 aliphatic heterocycles. The molecule has 0 spiro atoms. The van der Waals surface area contributed by atoms with Crippen LogP contribution in [0.25, 0.3) is 0 Å². The van der Waals surface area contributed by atoms with Gasteiger partial charge in [-0.1, -0.05) is 409 Å². The predicted octanol–water partition coefficient (Wildman–Crippen LogP) is 33.1. The first-order valence-corrected chi connectivity index (χ1v) is 45.0. The minimum atomic E-state index is -0.0716. The summed E-state index contributed by atoms with van der Waals surface area (Å²) in [5, 5.41) is 0. The van der Waals surface area contributed by atoms with Crippen molar-refractivity contribution in [1.29, 1.82) is 0 Å². The molecule has 12 rings (SSSR count). The molecule has 0 aromatic heterocycles. The molecule has 9 aromatic rings. The Morgan fingerprint density at radius 3 is 1.27 bits per heavy atom. The normalized spacial score (nSPS) is 20.0. The topological polar surface area (TPSA) is 9.23 Å². The smallest absolute Gasteiger partial charge is 0.122 e. The van der Waals surface area contributed by atoms with Gasteiger partial charge in [-0.05, 0) is 250 Å². The van der Waals surface area contributed by atoms with Crippen LogP contribution in [0, 0.1) is 95.7 Å². The van der Waals surface area contributed by atoms with Crippen LogP contribution in [0.1, 0.15) is 308 Å². The second-order valence-corrected chi connectivity index (χ2v) is 42.9. The lowest BCUT2D eigenvalue weighted by molar-refractivity contribution is -0.0456. The molecule has 3 fully saturated rings. The maximum absolute atomic E-state index is 5.93. The lowest BCUT2D eigenvalue weighted by atomic mass is 9.47. The fourth-order valence-electron chi connectivity index (χ4n) is 17.5. The van der Waals surface area contributed by atoms with Crippen LogP contribution in [0.3, 0.4) is 0 Å². The maximum Gasteiger partial charge on any atom is 0.122 e. The molecule has 0 heterocycles. The zero-order valence-corrected chi connectivity index (χ0v) is 78.2. The largest absolute Gasteiger partial charge is 0.493 e. The molecule has 2 heteroatoms. The van der Waals surface area contributed by atoms with Crippen molar-refractivity contribution in [1.82, 2.24) is 0 Å². The van der Waals surface area contributed by atoms with E-state index in [1.54, 1.807) is 5.56 Å². The van der Waals surface area contributed by atoms with E-state index in [1.165, 1.54) is 167 Å². The first-order valence-electron chi connectivity index (χ1n) is 44.0. The van der Waals surface area contributed by atoms with Gasteiger partial charge in [0.15, 0.2) is 0 Å². The number of thioether (sulfide) groups is 1. The van der Waals surface area contributed by atoms with E-state index in [0.717, 1.165) is 24.7 Å². The van der Waals surface area contributed by atoms with Gasteiger partial charge in [0.05, 0.1) is 6.61 Å². The van der Waals surface area contributed by atoms with Crippen LogP contribution in [0.2, 0.25) is 0 Å². The van der Waals surface area contributed by atoms with Crippen LogP contribution in [0.15, 0.2) is 241 Å². The number of hydrogen-bond acceptors (Lipinski definition) is 2. The zero-order chi connectivity index (χ0) is 84.2. The Hall–Kier alpha value is -6.87. The van der Waals surface area contributed by atoms with E-state index in [1.807, 2.05) is 30.0 Å². The maximum atomic E-state index is 5.93. The van der Waals surface area contributed by atoms with E-state index in [2.05, 4.69) is 412 Å². The molecular weight excluding hydrogens is 1390 g/mol. The van der Waals surface area contributed by atoms with Gasteiger partial charge in [0, 0.05) is 21.5 Å². The molecular formula is C112H158OS. The van der Waals surface area contributed by atoms with Crippen LogP contribution in [0.5, 0.6) is 5.75 Å². The Bertz CT molecular complexity index is 4140. The minimum Gasteiger partial charge on any atom is -0.493 e. The summed E-state index contributed by atoms with van der Waals surface area (Å²) in [6, 6.07) is 85.4. The van der Waals surface area contributed by atoms with Crippen LogP contribution in [-0.2, 0) is 30.1 Å². The number of fused-ring (bicyclic) bond motifs is 1. The molecule has 9 aromatic carbocycles. The third-order valence-corrected chi connectivity index (χ3v) is 32.2. The number of benzene rings is 9. The molecule has 1 nitrogen and oxygen atoms in total. The lowest BCUT2D eigenvalue weighted by Gasteiger charge is -2.58. The first kappa shape index (κ1) is 94.3. The van der Waals surface area contributed by atoms with Crippen LogP contribution in [0.4, 0.5) is 0 Å². The highest BCUT2D eigenvalue weighted by atomic mass is 32.2. The lowest BCUT2D eigenvalue weighted by Crippen LogP contribution is -2.47. The highest BCUT2D eigenvalue weighted by molar-refractivity contribution is 7.99. The van der Waals surface area contributed by atoms with E-state index in [0.29, 0.717) is 37.9 Å². The molecule has 5 atom stereocenters. The van der Waals surface area contributed by atoms with Gasteiger partial charge in [-0.25, -0.2) is 0 Å². The van der Waals surface area contributed by atoms with E-state index in [-0.39, 0.29) is 27.1 Å². The number of aryl methyl sites for hydroxylation is 7. The summed E-state index contributed by atoms with van der Waals surface area (Å²) in [4.78, 5) is 1.42. The number of para-hydroxylation sites is 1. The van der Waals surface area contributed by atoms with Gasteiger partial charge in [0.1, 0.15) is 5.75 Å². The SMILES string of the molecule is Cc1ccccc1C1CCC[C@@]2(C)CCCC[C@@]12C.Cc1ccccc1CC(C)(C)C(C)(c1ccccc1)c1ccccc1.Cc1ccccc1CCC(C)(C)C(C)(C)C.Cc1ccccc1C[C@]1(C)CCCC[C@]1(C)c1ccccc1.Cc1ccccc1OCC(C)(C)C(C)(C)C.Cc1ccccc1SCC(C)(C)C(C)(C)C. The van der Waals surface area contributed by atoms with Gasteiger partial charge in [-0.3, -0.25) is 0 Å². The quantitative estimate of drug-likeness (QED) is 0.0792. The summed E-state index contributed by atoms with van der Waals surface area (Å²) in [5.41, 5.74) is 22.2. The van der Waals surface area contributed by atoms with Gasteiger partial charge >= 0.3 is 0 Å². The van der Waals surface area contributed by atoms with Crippen LogP contribution in [-0.4, -0.2) is 12.4 Å². The third-order valence-electron chi connectivity index (χ3n) is 30.5. The summed E-state index contributed by atoms with van der Waals surface area (Å²) in [6.07, 6.45) is 20.1. The van der Waals surface area contributed by atoms with Crippen molar-refractivity contribution >= 4 is 11.8 Å². The number of ether oxygens (including phenoxy) is 1. The Morgan fingerprint density at radius 2 is 0.772 bits per heavy atom. The zero-order valence-electron chi connectivity index (χ0n) is 77.4. The Morgan fingerprint density at radius 1 is 0.360 bits per heavy atom. The van der Waals surface area contributed by atoms with Crippen molar-refractivity contribution in [3.63, 3.8) is 0 Å². The third kappa shape index (κ3) is 24.0. The van der Waals surface area contributed by atoms with E-state index in [4.69, 9.17) is 4.74 Å². The van der Waals surface area contributed by atoms with Crippen molar-refractivity contribution in [3.05, 3.63) is 309 Å². The van der Waals surface area contributed by atoms with Gasteiger partial charge < -0.3 is 4.74 Å². The fraction of sp³-hybridized carbons (Fsp3) is 0.518. The molecule has 0 bridgehead atoms. The van der Waals surface area contributed by atoms with Crippen LogP contribution >= 0.6 is 11.8 Å². The molecule has 3 aliphatic carbocycles. The second kappa shape index (κ2) is 40.1. The van der Waals surface area contributed by atoms with Gasteiger partial charge in [0.2, 0.25) is 0 Å². The van der Waals surface area contributed by atoms with Crippen molar-refractivity contribution in [3.8, 4) is 5.75 Å². The average molecular weight is 1550 g/mol. The average Bonchev–Trinajstić information content (AvgIpc) is 0.749. The fourth-order valence-corrected chi connectivity index (χ4v) is 18.9. The summed E-state index contributed by atoms with van der Waals surface area (Å²) < 4.78 is 5.93. The minimum absolute atomic E-state index is 0.0574. The van der Waals surface area contributed by atoms with Crippen molar-refractivity contribution in [2.24, 2.45) is 54.1 Å². The van der Waals surface area contributed by atoms with Crippen molar-refractivity contribution in [2.45, 2.75) is 312 Å². The van der Waals surface area contributed by atoms with Gasteiger partial charge in [-0.2, -0.15) is 0 Å². The summed E-state index contributed by atoms with van der Waals surface area (Å²) >= 11 is 1.98. The molecule has 3 saturated carbocycles. The Balaban J connectivity index is 0.000000191. The Labute approximate surface area is 704 Å². The molecule has 0 radical (unpaired) electrons. The standard InChI is InChI=1S/C25H28.C22H28.C19H28.C16H26.C15H24O.C15H24S/c1-20-13-11-12-14-21(20)19-24(2,3)25(4,22-15-7-5-8-16-22)23-17-9-6-10-18-23;1-18-11-7-8-12-19(18)17-21(2)15-9-10-16-22(21,3)20-13-5-4-6-14-20;1-15-9-4-5-10-16(15)17-11-8-13-18(2)12-6-7-14-19(17,18)3;1-13-9-7-8-10-14(13)11-12-16(5,6)15(2,3)4;2*1-12-9-7-8-10-13(12)16-11-15(5,6)14(2,3)4/h5-18H,19H2,1-4H3;4-8,11-14H,9-10,15-17H2,1-3H3;4-5,9-10,17H,6-8,11-14H2,1-3H3;7-10H,11-12H2,1-6H3;2*7-10H,11H2,1-6H3/t;21-,22+;17?,18-,19+;;;/m.01.../s1. The van der Waals surface area contributed by atoms with Crippen LogP contribution < -0.4 is 4.74 Å². The summed E-state index contributed by atoms with van der Waals surface area (Å²) in [6.45, 7) is 66.2. The van der Waals surface area contributed by atoms with E-state index < -0.39 is 0 Å². The summed E-state index contributed by atoms with van der Waals surface area (Å²) in [5.74, 6) is 2.95. The molecule has 1 unspecified atom stereocenters. The first-order chi connectivity index (χ1) is 53.3. The monoisotopic (exact) mass is 1550 g/mol. The van der Waals surface area contributed by atoms with E-state index in [9.17, 15) is 0 Å². The number of rotatable bonds is 18. The number of hydrogen-bond donors (Lipinski definition) is 0. The highest BCUT2D eigenvalue weighted by Gasteiger charge is 2.53. The molecule has 0 saturated heterocycles. The molecule has 618 valence electrons. The molecule has 114 heavy (non-hydrogen) atoms. The van der Waals surface area contributed by atoms with E-state index >= 15 is 0 Å². The van der Waals surface area contributed by atoms with Gasteiger partial charge in [-0.15, -0.1) is 11.8 Å². The Kier molecular flexibility index (Phi) is 33.1. The molecule has 3 aliphatic rings. The van der Waals surface area contributed by atoms with Crippen molar-refractivity contribution in [2.75, 3.05) is 12.4 Å². The summed E-state index contributed by atoms with van der Waals surface area (Å²) in [7, 11) is 0. The molecule has 0 N–H and O–H groups in total.